The van der Waals surface area contributed by atoms with Gasteiger partial charge in [0.05, 0.1) is 4.90 Å². The van der Waals surface area contributed by atoms with E-state index in [1.807, 2.05) is 12.1 Å². The zero-order valence-electron chi connectivity index (χ0n) is 14.7. The molecule has 1 N–H and O–H groups in total. The van der Waals surface area contributed by atoms with E-state index in [0.29, 0.717) is 10.9 Å². The fourth-order valence-corrected chi connectivity index (χ4v) is 3.95. The van der Waals surface area contributed by atoms with Gasteiger partial charge in [-0.25, -0.2) is 8.42 Å². The normalized spacial score (nSPS) is 19.0. The number of nitrogens with zero attached hydrogens (tertiary/aromatic N) is 1. The third kappa shape index (κ3) is 5.39. The van der Waals surface area contributed by atoms with Crippen LogP contribution in [-0.4, -0.2) is 38.7 Å². The van der Waals surface area contributed by atoms with Crippen molar-refractivity contribution < 1.29 is 8.42 Å². The molecular formula is C20H26N2O2S. The lowest BCUT2D eigenvalue weighted by atomic mass is 10.0. The van der Waals surface area contributed by atoms with Gasteiger partial charge in [0.15, 0.2) is 9.84 Å². The molecule has 1 aliphatic rings. The second-order valence-corrected chi connectivity index (χ2v) is 8.87. The number of rotatable bonds is 6. The summed E-state index contributed by atoms with van der Waals surface area (Å²) in [5.74, 6) is 0. The van der Waals surface area contributed by atoms with E-state index in [9.17, 15) is 8.42 Å². The Morgan fingerprint density at radius 1 is 1.04 bits per heavy atom. The highest BCUT2D eigenvalue weighted by atomic mass is 32.2. The predicted octanol–water partition coefficient (Wildman–Crippen LogP) is 2.84. The Morgan fingerprint density at radius 3 is 2.44 bits per heavy atom. The maximum atomic E-state index is 11.5. The SMILES string of the molecule is CS(=O)(=O)c1ccc(CNC2CCCN(Cc3ccccc3)C2)cc1. The molecule has 25 heavy (non-hydrogen) atoms. The van der Waals surface area contributed by atoms with Crippen LogP contribution in [0.25, 0.3) is 0 Å². The van der Waals surface area contributed by atoms with Crippen molar-refractivity contribution in [3.63, 3.8) is 0 Å². The van der Waals surface area contributed by atoms with Gasteiger partial charge in [0.25, 0.3) is 0 Å². The Labute approximate surface area is 150 Å². The molecule has 3 rings (SSSR count). The Kier molecular flexibility index (Phi) is 5.89. The van der Waals surface area contributed by atoms with Crippen LogP contribution in [0.1, 0.15) is 24.0 Å². The number of likely N-dealkylation sites (tertiary alicyclic amines) is 1. The quantitative estimate of drug-likeness (QED) is 0.863. The number of hydrogen-bond donors (Lipinski definition) is 1. The lowest BCUT2D eigenvalue weighted by Crippen LogP contribution is -2.45. The van der Waals surface area contributed by atoms with Crippen molar-refractivity contribution >= 4 is 9.84 Å². The standard InChI is InChI=1S/C20H26N2O2S/c1-25(23,24)20-11-9-17(10-12-20)14-21-19-8-5-13-22(16-19)15-18-6-3-2-4-7-18/h2-4,6-7,9-12,19,21H,5,8,13-16H2,1H3. The molecule has 0 radical (unpaired) electrons. The van der Waals surface area contributed by atoms with Gasteiger partial charge in [-0.2, -0.15) is 0 Å². The Hall–Kier alpha value is -1.69. The second kappa shape index (κ2) is 8.13. The maximum absolute atomic E-state index is 11.5. The number of piperidine rings is 1. The van der Waals surface area contributed by atoms with Crippen LogP contribution in [0.4, 0.5) is 0 Å². The molecule has 1 heterocycles. The third-order valence-corrected chi connectivity index (χ3v) is 5.83. The summed E-state index contributed by atoms with van der Waals surface area (Å²) in [7, 11) is -3.12. The summed E-state index contributed by atoms with van der Waals surface area (Å²) in [6.07, 6.45) is 3.63. The summed E-state index contributed by atoms with van der Waals surface area (Å²) in [5.41, 5.74) is 2.48. The van der Waals surface area contributed by atoms with Gasteiger partial charge >= 0.3 is 0 Å². The molecule has 1 saturated heterocycles. The molecule has 2 aromatic rings. The van der Waals surface area contributed by atoms with Crippen LogP contribution in [0, 0.1) is 0 Å². The molecule has 1 aliphatic heterocycles. The predicted molar refractivity (Wildman–Crippen MR) is 101 cm³/mol. The fourth-order valence-electron chi connectivity index (χ4n) is 3.32. The van der Waals surface area contributed by atoms with Gasteiger partial charge in [-0.15, -0.1) is 0 Å². The minimum atomic E-state index is -3.12. The van der Waals surface area contributed by atoms with Crippen molar-refractivity contribution in [3.8, 4) is 0 Å². The van der Waals surface area contributed by atoms with Crippen LogP contribution in [0.5, 0.6) is 0 Å². The number of sulfone groups is 1. The summed E-state index contributed by atoms with van der Waals surface area (Å²) in [6.45, 7) is 3.97. The third-order valence-electron chi connectivity index (χ3n) is 4.70. The number of nitrogens with one attached hydrogen (secondary N) is 1. The average molecular weight is 359 g/mol. The van der Waals surface area contributed by atoms with E-state index >= 15 is 0 Å². The summed E-state index contributed by atoms with van der Waals surface area (Å²) in [4.78, 5) is 2.88. The van der Waals surface area contributed by atoms with Crippen molar-refractivity contribution in [1.82, 2.24) is 10.2 Å². The first kappa shape index (κ1) is 18.1. The molecule has 1 atom stereocenters. The van der Waals surface area contributed by atoms with Crippen molar-refractivity contribution in [1.29, 1.82) is 0 Å². The summed E-state index contributed by atoms with van der Waals surface area (Å²) in [5, 5.41) is 3.62. The zero-order valence-corrected chi connectivity index (χ0v) is 15.5. The Morgan fingerprint density at radius 2 is 1.76 bits per heavy atom. The van der Waals surface area contributed by atoms with E-state index in [4.69, 9.17) is 0 Å². The first-order valence-corrected chi connectivity index (χ1v) is 10.7. The molecular weight excluding hydrogens is 332 g/mol. The van der Waals surface area contributed by atoms with Crippen molar-refractivity contribution in [2.45, 2.75) is 36.9 Å². The molecule has 5 heteroatoms. The Balaban J connectivity index is 1.51. The summed E-state index contributed by atoms with van der Waals surface area (Å²) < 4.78 is 23.0. The minimum Gasteiger partial charge on any atom is -0.309 e. The molecule has 0 saturated carbocycles. The molecule has 0 aromatic heterocycles. The molecule has 1 fully saturated rings. The van der Waals surface area contributed by atoms with Gasteiger partial charge in [-0.1, -0.05) is 42.5 Å². The van der Waals surface area contributed by atoms with Crippen LogP contribution >= 0.6 is 0 Å². The first-order chi connectivity index (χ1) is 12.0. The van der Waals surface area contributed by atoms with E-state index < -0.39 is 9.84 Å². The molecule has 134 valence electrons. The van der Waals surface area contributed by atoms with Gasteiger partial charge in [0.1, 0.15) is 0 Å². The van der Waals surface area contributed by atoms with Crippen LogP contribution < -0.4 is 5.32 Å². The van der Waals surface area contributed by atoms with Crippen LogP contribution in [0.2, 0.25) is 0 Å². The van der Waals surface area contributed by atoms with E-state index in [1.165, 1.54) is 24.7 Å². The van der Waals surface area contributed by atoms with Crippen LogP contribution in [0.15, 0.2) is 59.5 Å². The molecule has 0 spiro atoms. The van der Waals surface area contributed by atoms with Crippen LogP contribution in [0.3, 0.4) is 0 Å². The minimum absolute atomic E-state index is 0.378. The fraction of sp³-hybridized carbons (Fsp3) is 0.400. The second-order valence-electron chi connectivity index (χ2n) is 6.86. The highest BCUT2D eigenvalue weighted by Gasteiger charge is 2.19. The monoisotopic (exact) mass is 358 g/mol. The first-order valence-electron chi connectivity index (χ1n) is 8.79. The summed E-state index contributed by atoms with van der Waals surface area (Å²) in [6, 6.07) is 18.3. The zero-order chi connectivity index (χ0) is 17.7. The van der Waals surface area contributed by atoms with Gasteiger partial charge in [-0.3, -0.25) is 4.90 Å². The summed E-state index contributed by atoms with van der Waals surface area (Å²) >= 11 is 0. The molecule has 4 nitrogen and oxygen atoms in total. The van der Waals surface area contributed by atoms with Crippen molar-refractivity contribution in [2.75, 3.05) is 19.3 Å². The van der Waals surface area contributed by atoms with Crippen molar-refractivity contribution in [2.24, 2.45) is 0 Å². The van der Waals surface area contributed by atoms with Crippen molar-refractivity contribution in [3.05, 3.63) is 65.7 Å². The smallest absolute Gasteiger partial charge is 0.175 e. The average Bonchev–Trinajstić information content (AvgIpc) is 2.61. The number of hydrogen-bond acceptors (Lipinski definition) is 4. The van der Waals surface area contributed by atoms with E-state index in [0.717, 1.165) is 31.7 Å². The molecule has 1 unspecified atom stereocenters. The molecule has 2 aromatic carbocycles. The molecule has 0 bridgehead atoms. The highest BCUT2D eigenvalue weighted by molar-refractivity contribution is 7.90. The topological polar surface area (TPSA) is 49.4 Å². The lowest BCUT2D eigenvalue weighted by Gasteiger charge is -2.33. The maximum Gasteiger partial charge on any atom is 0.175 e. The molecule has 0 amide bonds. The Bertz CT molecular complexity index is 773. The molecule has 0 aliphatic carbocycles. The largest absolute Gasteiger partial charge is 0.309 e. The van der Waals surface area contributed by atoms with E-state index in [-0.39, 0.29) is 0 Å². The van der Waals surface area contributed by atoms with Crippen LogP contribution in [-0.2, 0) is 22.9 Å². The van der Waals surface area contributed by atoms with Gasteiger partial charge < -0.3 is 5.32 Å². The van der Waals surface area contributed by atoms with Gasteiger partial charge in [0, 0.05) is 31.9 Å². The van der Waals surface area contributed by atoms with E-state index in [1.54, 1.807) is 12.1 Å². The number of benzene rings is 2. The van der Waals surface area contributed by atoms with Gasteiger partial charge in [0.2, 0.25) is 0 Å². The highest BCUT2D eigenvalue weighted by Crippen LogP contribution is 2.15. The lowest BCUT2D eigenvalue weighted by molar-refractivity contribution is 0.182. The van der Waals surface area contributed by atoms with Gasteiger partial charge in [-0.05, 0) is 42.6 Å². The van der Waals surface area contributed by atoms with E-state index in [2.05, 4.69) is 40.5 Å².